The van der Waals surface area contributed by atoms with Gasteiger partial charge in [-0.25, -0.2) is 4.79 Å². The summed E-state index contributed by atoms with van der Waals surface area (Å²) in [6, 6.07) is 9.20. The smallest absolute Gasteiger partial charge is 0.341 e. The van der Waals surface area contributed by atoms with Crippen LogP contribution in [0.15, 0.2) is 30.3 Å². The number of morpholine rings is 1. The fraction of sp³-hybridized carbons (Fsp3) is 0.500. The van der Waals surface area contributed by atoms with E-state index in [0.29, 0.717) is 12.8 Å². The molecule has 24 heavy (non-hydrogen) atoms. The summed E-state index contributed by atoms with van der Waals surface area (Å²) in [6.07, 6.45) is 1.07. The Bertz CT molecular complexity index is 624. The molecule has 1 saturated heterocycles. The van der Waals surface area contributed by atoms with Crippen molar-refractivity contribution in [2.24, 2.45) is 0 Å². The third-order valence-electron chi connectivity index (χ3n) is 4.07. The molecule has 6 nitrogen and oxygen atoms in total. The molecule has 130 valence electrons. The van der Waals surface area contributed by atoms with Crippen LogP contribution in [0.1, 0.15) is 33.3 Å². The molecule has 6 heteroatoms. The molecule has 0 unspecified atom stereocenters. The molecule has 1 aromatic rings. The number of benzene rings is 1. The van der Waals surface area contributed by atoms with E-state index in [1.165, 1.54) is 11.8 Å². The maximum Gasteiger partial charge on any atom is 0.341 e. The quantitative estimate of drug-likeness (QED) is 0.512. The van der Waals surface area contributed by atoms with Crippen molar-refractivity contribution in [3.05, 3.63) is 35.9 Å². The van der Waals surface area contributed by atoms with Crippen LogP contribution in [0.2, 0.25) is 0 Å². The van der Waals surface area contributed by atoms with Crippen molar-refractivity contribution in [1.29, 1.82) is 0 Å². The molecule has 0 saturated carbocycles. The van der Waals surface area contributed by atoms with Gasteiger partial charge >= 0.3 is 5.97 Å². The lowest BCUT2D eigenvalue weighted by atomic mass is 9.91. The minimum atomic E-state index is -1.67. The molecule has 1 aliphatic heterocycles. The second-order valence-electron chi connectivity index (χ2n) is 7.23. The molecule has 1 fully saturated rings. The largest absolute Gasteiger partial charge is 0.461 e. The van der Waals surface area contributed by atoms with Crippen LogP contribution >= 0.6 is 0 Å². The number of hydrogen-bond donors (Lipinski definition) is 1. The Morgan fingerprint density at radius 3 is 2.54 bits per heavy atom. The number of esters is 1. The molecule has 0 radical (unpaired) electrons. The van der Waals surface area contributed by atoms with Gasteiger partial charge in [0, 0.05) is 5.54 Å². The number of amides is 2. The van der Waals surface area contributed by atoms with Crippen LogP contribution in [0.25, 0.3) is 0 Å². The number of nitrogens with zero attached hydrogens (tertiary/aromatic N) is 1. The Labute approximate surface area is 142 Å². The first-order valence-electron chi connectivity index (χ1n) is 7.96. The SMILES string of the molecule is CC(C)(C)NC(=O)[C@@]1(C)C(=O)OC[C@H](Cc2ccccc2)N1C=O. The third-order valence-corrected chi connectivity index (χ3v) is 4.07. The van der Waals surface area contributed by atoms with Gasteiger partial charge in [0.1, 0.15) is 6.61 Å². The van der Waals surface area contributed by atoms with Crippen LogP contribution in [0, 0.1) is 0 Å². The van der Waals surface area contributed by atoms with Crippen molar-refractivity contribution >= 4 is 18.3 Å². The van der Waals surface area contributed by atoms with Crippen molar-refractivity contribution in [3.63, 3.8) is 0 Å². The number of rotatable bonds is 4. The van der Waals surface area contributed by atoms with Crippen molar-refractivity contribution in [2.45, 2.75) is 51.2 Å². The molecule has 0 aromatic heterocycles. The van der Waals surface area contributed by atoms with E-state index >= 15 is 0 Å². The van der Waals surface area contributed by atoms with Gasteiger partial charge in [0.25, 0.3) is 5.91 Å². The number of nitrogens with one attached hydrogen (secondary N) is 1. The Balaban J connectivity index is 2.29. The summed E-state index contributed by atoms with van der Waals surface area (Å²) in [6.45, 7) is 6.95. The Morgan fingerprint density at radius 1 is 1.38 bits per heavy atom. The lowest BCUT2D eigenvalue weighted by molar-refractivity contribution is -0.180. The topological polar surface area (TPSA) is 75.7 Å². The van der Waals surface area contributed by atoms with Gasteiger partial charge in [0.15, 0.2) is 0 Å². The molecular formula is C18H24N2O4. The first kappa shape index (κ1) is 18.0. The van der Waals surface area contributed by atoms with Crippen LogP contribution in [0.4, 0.5) is 0 Å². The zero-order chi connectivity index (χ0) is 18.0. The highest BCUT2D eigenvalue weighted by Crippen LogP contribution is 2.27. The Kier molecular flexibility index (Phi) is 4.96. The van der Waals surface area contributed by atoms with Crippen LogP contribution in [-0.4, -0.2) is 46.9 Å². The molecule has 0 bridgehead atoms. The van der Waals surface area contributed by atoms with Crippen molar-refractivity contribution in [1.82, 2.24) is 10.2 Å². The van der Waals surface area contributed by atoms with Crippen LogP contribution in [0.5, 0.6) is 0 Å². The van der Waals surface area contributed by atoms with Gasteiger partial charge < -0.3 is 15.0 Å². The van der Waals surface area contributed by atoms with Crippen LogP contribution in [-0.2, 0) is 25.5 Å². The second kappa shape index (κ2) is 6.63. The molecule has 1 N–H and O–H groups in total. The number of hydrogen-bond acceptors (Lipinski definition) is 4. The zero-order valence-corrected chi connectivity index (χ0v) is 14.5. The number of carbonyl (C=O) groups excluding carboxylic acids is 3. The summed E-state index contributed by atoms with van der Waals surface area (Å²) in [7, 11) is 0. The third kappa shape index (κ3) is 3.58. The first-order valence-corrected chi connectivity index (χ1v) is 7.96. The fourth-order valence-electron chi connectivity index (χ4n) is 2.77. The summed E-state index contributed by atoms with van der Waals surface area (Å²) in [5.41, 5.74) is -1.19. The molecule has 1 aliphatic rings. The molecule has 2 amide bonds. The summed E-state index contributed by atoms with van der Waals surface area (Å²) in [5.74, 6) is -1.24. The monoisotopic (exact) mass is 332 g/mol. The maximum absolute atomic E-state index is 12.7. The predicted molar refractivity (Wildman–Crippen MR) is 89.1 cm³/mol. The Morgan fingerprint density at radius 2 is 2.00 bits per heavy atom. The first-order chi connectivity index (χ1) is 11.2. The highest BCUT2D eigenvalue weighted by molar-refractivity contribution is 6.09. The van der Waals surface area contributed by atoms with Gasteiger partial charge in [-0.15, -0.1) is 0 Å². The summed E-state index contributed by atoms with van der Waals surface area (Å²) in [4.78, 5) is 38.0. The standard InChI is InChI=1S/C18H24N2O4/c1-17(2,3)19-15(22)18(4)16(23)24-11-14(20(18)12-21)10-13-8-6-5-7-9-13/h5-9,12,14H,10-11H2,1-4H3,(H,19,22)/t14-,18-/m0/s1. The van der Waals surface area contributed by atoms with E-state index in [2.05, 4.69) is 5.32 Å². The van der Waals surface area contributed by atoms with Gasteiger partial charge in [0.05, 0.1) is 6.04 Å². The molecule has 2 atom stereocenters. The van der Waals surface area contributed by atoms with Crippen LogP contribution in [0.3, 0.4) is 0 Å². The number of cyclic esters (lactones) is 1. The van der Waals surface area contributed by atoms with Crippen LogP contribution < -0.4 is 5.32 Å². The average Bonchev–Trinajstić information content (AvgIpc) is 2.50. The Hall–Kier alpha value is -2.37. The normalized spacial score (nSPS) is 24.2. The lowest BCUT2D eigenvalue weighted by Gasteiger charge is -2.45. The molecule has 1 heterocycles. The summed E-state index contributed by atoms with van der Waals surface area (Å²) >= 11 is 0. The minimum absolute atomic E-state index is 0.0743. The van der Waals surface area contributed by atoms with E-state index in [9.17, 15) is 14.4 Å². The molecular weight excluding hydrogens is 308 g/mol. The van der Waals surface area contributed by atoms with Crippen molar-refractivity contribution in [2.75, 3.05) is 6.61 Å². The van der Waals surface area contributed by atoms with E-state index in [0.717, 1.165) is 5.56 Å². The highest BCUT2D eigenvalue weighted by Gasteiger charge is 2.54. The fourth-order valence-corrected chi connectivity index (χ4v) is 2.77. The zero-order valence-electron chi connectivity index (χ0n) is 14.5. The van der Waals surface area contributed by atoms with E-state index in [-0.39, 0.29) is 6.61 Å². The average molecular weight is 332 g/mol. The van der Waals surface area contributed by atoms with Gasteiger partial charge in [-0.3, -0.25) is 9.59 Å². The number of ether oxygens (including phenoxy) is 1. The van der Waals surface area contributed by atoms with E-state index in [4.69, 9.17) is 4.74 Å². The van der Waals surface area contributed by atoms with Crippen molar-refractivity contribution < 1.29 is 19.1 Å². The lowest BCUT2D eigenvalue weighted by Crippen LogP contribution is -2.70. The van der Waals surface area contributed by atoms with Crippen molar-refractivity contribution in [3.8, 4) is 0 Å². The summed E-state index contributed by atoms with van der Waals surface area (Å²) in [5, 5.41) is 2.77. The highest BCUT2D eigenvalue weighted by atomic mass is 16.5. The summed E-state index contributed by atoms with van der Waals surface area (Å²) < 4.78 is 5.25. The molecule has 0 aliphatic carbocycles. The molecule has 1 aromatic carbocycles. The van der Waals surface area contributed by atoms with Gasteiger partial charge in [-0.1, -0.05) is 30.3 Å². The maximum atomic E-state index is 12.7. The minimum Gasteiger partial charge on any atom is -0.461 e. The van der Waals surface area contributed by atoms with Gasteiger partial charge in [-0.05, 0) is 39.7 Å². The van der Waals surface area contributed by atoms with Gasteiger partial charge in [-0.2, -0.15) is 0 Å². The van der Waals surface area contributed by atoms with E-state index < -0.39 is 29.0 Å². The van der Waals surface area contributed by atoms with Gasteiger partial charge in [0.2, 0.25) is 11.9 Å². The number of carbonyl (C=O) groups is 3. The van der Waals surface area contributed by atoms with E-state index in [1.807, 2.05) is 51.1 Å². The molecule has 2 rings (SSSR count). The molecule has 0 spiro atoms. The predicted octanol–water partition coefficient (Wildman–Crippen LogP) is 1.29. The second-order valence-corrected chi connectivity index (χ2v) is 7.23. The van der Waals surface area contributed by atoms with E-state index in [1.54, 1.807) is 0 Å².